The molecule has 3 nitrogen and oxygen atoms in total. The van der Waals surface area contributed by atoms with E-state index in [-0.39, 0.29) is 17.9 Å². The number of nitrogens with one attached hydrogen (secondary N) is 2. The molecule has 0 saturated carbocycles. The molecule has 1 fully saturated rings. The Morgan fingerprint density at radius 1 is 1.32 bits per heavy atom. The maximum atomic E-state index is 12.5. The summed E-state index contributed by atoms with van der Waals surface area (Å²) in [6.07, 6.45) is 2.22. The van der Waals surface area contributed by atoms with Crippen molar-refractivity contribution in [1.82, 2.24) is 10.6 Å². The molecule has 0 spiro atoms. The van der Waals surface area contributed by atoms with Gasteiger partial charge in [-0.05, 0) is 30.9 Å². The van der Waals surface area contributed by atoms with Crippen LogP contribution in [0, 0.1) is 5.92 Å². The average molecular weight is 260 g/mol. The third-order valence-electron chi connectivity index (χ3n) is 3.75. The predicted molar refractivity (Wildman–Crippen MR) is 78.1 cm³/mol. The van der Waals surface area contributed by atoms with Crippen molar-refractivity contribution in [2.75, 3.05) is 13.1 Å². The first kappa shape index (κ1) is 14.1. The maximum absolute atomic E-state index is 12.5. The van der Waals surface area contributed by atoms with Crippen LogP contribution in [-0.4, -0.2) is 25.0 Å². The van der Waals surface area contributed by atoms with E-state index in [2.05, 4.69) is 24.5 Å². The molecule has 0 aliphatic carbocycles. The Morgan fingerprint density at radius 3 is 2.63 bits per heavy atom. The number of hydrogen-bond acceptors (Lipinski definition) is 2. The molecule has 19 heavy (non-hydrogen) atoms. The number of benzene rings is 1. The van der Waals surface area contributed by atoms with Gasteiger partial charge in [-0.25, -0.2) is 0 Å². The fourth-order valence-corrected chi connectivity index (χ4v) is 2.77. The summed E-state index contributed by atoms with van der Waals surface area (Å²) in [4.78, 5) is 12.5. The normalized spacial score (nSPS) is 21.1. The molecule has 1 aliphatic heterocycles. The van der Waals surface area contributed by atoms with Crippen LogP contribution in [0.1, 0.15) is 38.2 Å². The van der Waals surface area contributed by atoms with Gasteiger partial charge in [0.1, 0.15) is 0 Å². The molecule has 0 bridgehead atoms. The van der Waals surface area contributed by atoms with E-state index < -0.39 is 0 Å². The van der Waals surface area contributed by atoms with Crippen molar-refractivity contribution in [3.8, 4) is 0 Å². The monoisotopic (exact) mass is 260 g/mol. The van der Waals surface area contributed by atoms with Crippen LogP contribution in [0.25, 0.3) is 0 Å². The van der Waals surface area contributed by atoms with Gasteiger partial charge in [0.05, 0.1) is 5.92 Å². The molecular formula is C16H24N2O. The average Bonchev–Trinajstić information content (AvgIpc) is 2.40. The van der Waals surface area contributed by atoms with Crippen molar-refractivity contribution >= 4 is 5.91 Å². The summed E-state index contributed by atoms with van der Waals surface area (Å²) in [5, 5.41) is 6.53. The second-order valence-electron chi connectivity index (χ2n) is 5.68. The lowest BCUT2D eigenvalue weighted by Crippen LogP contribution is -2.47. The van der Waals surface area contributed by atoms with Crippen molar-refractivity contribution in [3.63, 3.8) is 0 Å². The summed E-state index contributed by atoms with van der Waals surface area (Å²) >= 11 is 0. The molecule has 3 heteroatoms. The van der Waals surface area contributed by atoms with E-state index >= 15 is 0 Å². The minimum Gasteiger partial charge on any atom is -0.352 e. The summed E-state index contributed by atoms with van der Waals surface area (Å²) in [7, 11) is 0. The maximum Gasteiger partial charge on any atom is 0.228 e. The lowest BCUT2D eigenvalue weighted by Gasteiger charge is -2.27. The molecule has 2 atom stereocenters. The quantitative estimate of drug-likeness (QED) is 0.872. The van der Waals surface area contributed by atoms with Gasteiger partial charge >= 0.3 is 0 Å². The minimum absolute atomic E-state index is 0.0527. The van der Waals surface area contributed by atoms with E-state index in [0.29, 0.717) is 5.92 Å². The first-order valence-electron chi connectivity index (χ1n) is 7.24. The standard InChI is InChI=1S/C16H24N2O/c1-12(2)15(13-7-4-3-5-8-13)16(19)18-14-9-6-10-17-11-14/h3-5,7-8,12,14-15,17H,6,9-11H2,1-2H3,(H,18,19)/t14-,15?/m0/s1. The topological polar surface area (TPSA) is 41.1 Å². The third kappa shape index (κ3) is 3.80. The summed E-state index contributed by atoms with van der Waals surface area (Å²) in [6, 6.07) is 10.4. The van der Waals surface area contributed by atoms with Gasteiger partial charge in [0.15, 0.2) is 0 Å². The van der Waals surface area contributed by atoms with Crippen LogP contribution in [0.5, 0.6) is 0 Å². The fourth-order valence-electron chi connectivity index (χ4n) is 2.77. The minimum atomic E-state index is -0.0527. The number of hydrogen-bond donors (Lipinski definition) is 2. The van der Waals surface area contributed by atoms with Crippen molar-refractivity contribution < 1.29 is 4.79 Å². The highest BCUT2D eigenvalue weighted by molar-refractivity contribution is 5.84. The number of amides is 1. The van der Waals surface area contributed by atoms with E-state index in [4.69, 9.17) is 0 Å². The van der Waals surface area contributed by atoms with Crippen LogP contribution in [-0.2, 0) is 4.79 Å². The van der Waals surface area contributed by atoms with E-state index in [0.717, 1.165) is 31.5 Å². The largest absolute Gasteiger partial charge is 0.352 e. The summed E-state index contributed by atoms with van der Waals surface area (Å²) in [5.41, 5.74) is 1.11. The third-order valence-corrected chi connectivity index (χ3v) is 3.75. The number of carbonyl (C=O) groups excluding carboxylic acids is 1. The van der Waals surface area contributed by atoms with Gasteiger partial charge < -0.3 is 10.6 Å². The highest BCUT2D eigenvalue weighted by Crippen LogP contribution is 2.24. The molecule has 1 heterocycles. The van der Waals surface area contributed by atoms with Crippen molar-refractivity contribution in [3.05, 3.63) is 35.9 Å². The van der Waals surface area contributed by atoms with Crippen molar-refractivity contribution in [2.24, 2.45) is 5.92 Å². The van der Waals surface area contributed by atoms with Gasteiger partial charge in [-0.15, -0.1) is 0 Å². The Kier molecular flexibility index (Phi) is 4.97. The summed E-state index contributed by atoms with van der Waals surface area (Å²) < 4.78 is 0. The first-order valence-corrected chi connectivity index (χ1v) is 7.24. The molecule has 2 rings (SSSR count). The van der Waals surface area contributed by atoms with E-state index in [1.807, 2.05) is 30.3 Å². The smallest absolute Gasteiger partial charge is 0.228 e. The van der Waals surface area contributed by atoms with Crippen LogP contribution in [0.4, 0.5) is 0 Å². The molecule has 0 aromatic heterocycles. The number of rotatable bonds is 4. The first-order chi connectivity index (χ1) is 9.18. The Hall–Kier alpha value is -1.35. The molecule has 1 unspecified atom stereocenters. The zero-order chi connectivity index (χ0) is 13.7. The van der Waals surface area contributed by atoms with Gasteiger partial charge in [-0.2, -0.15) is 0 Å². The second kappa shape index (κ2) is 6.71. The molecule has 2 N–H and O–H groups in total. The Bertz CT molecular complexity index is 396. The lowest BCUT2D eigenvalue weighted by molar-refractivity contribution is -0.124. The number of carbonyl (C=O) groups is 1. The molecule has 0 radical (unpaired) electrons. The van der Waals surface area contributed by atoms with Gasteiger partial charge in [0.2, 0.25) is 5.91 Å². The fraction of sp³-hybridized carbons (Fsp3) is 0.562. The molecule has 1 aliphatic rings. The van der Waals surface area contributed by atoms with E-state index in [1.54, 1.807) is 0 Å². The molecule has 1 aromatic rings. The molecule has 1 amide bonds. The van der Waals surface area contributed by atoms with E-state index in [9.17, 15) is 4.79 Å². The van der Waals surface area contributed by atoms with Gasteiger partial charge in [-0.3, -0.25) is 4.79 Å². The highest BCUT2D eigenvalue weighted by atomic mass is 16.2. The number of piperidine rings is 1. The molecular weight excluding hydrogens is 236 g/mol. The zero-order valence-corrected chi connectivity index (χ0v) is 11.9. The highest BCUT2D eigenvalue weighted by Gasteiger charge is 2.26. The summed E-state index contributed by atoms with van der Waals surface area (Å²) in [5.74, 6) is 0.414. The SMILES string of the molecule is CC(C)C(C(=O)N[C@H]1CCCNC1)c1ccccc1. The molecule has 1 aromatic carbocycles. The van der Waals surface area contributed by atoms with Crippen LogP contribution in [0.2, 0.25) is 0 Å². The zero-order valence-electron chi connectivity index (χ0n) is 11.9. The Balaban J connectivity index is 2.04. The second-order valence-corrected chi connectivity index (χ2v) is 5.68. The summed E-state index contributed by atoms with van der Waals surface area (Å²) in [6.45, 7) is 6.18. The van der Waals surface area contributed by atoms with Gasteiger partial charge in [-0.1, -0.05) is 44.2 Å². The van der Waals surface area contributed by atoms with Crippen LogP contribution >= 0.6 is 0 Å². The predicted octanol–water partition coefficient (Wildman–Crippen LogP) is 2.29. The van der Waals surface area contributed by atoms with Crippen molar-refractivity contribution in [2.45, 2.75) is 38.6 Å². The lowest BCUT2D eigenvalue weighted by atomic mass is 9.87. The van der Waals surface area contributed by atoms with Gasteiger partial charge in [0, 0.05) is 12.6 Å². The molecule has 1 saturated heterocycles. The van der Waals surface area contributed by atoms with E-state index in [1.165, 1.54) is 0 Å². The van der Waals surface area contributed by atoms with Crippen LogP contribution in [0.15, 0.2) is 30.3 Å². The van der Waals surface area contributed by atoms with Crippen molar-refractivity contribution in [1.29, 1.82) is 0 Å². The van der Waals surface area contributed by atoms with Gasteiger partial charge in [0.25, 0.3) is 0 Å². The Labute approximate surface area is 115 Å². The Morgan fingerprint density at radius 2 is 2.05 bits per heavy atom. The van der Waals surface area contributed by atoms with Crippen LogP contribution in [0.3, 0.4) is 0 Å². The van der Waals surface area contributed by atoms with Crippen LogP contribution < -0.4 is 10.6 Å². The molecule has 104 valence electrons.